The van der Waals surface area contributed by atoms with E-state index in [4.69, 9.17) is 16.6 Å². The van der Waals surface area contributed by atoms with Gasteiger partial charge in [-0.2, -0.15) is 0 Å². The molecular formula is C23H16BrClN2O. The number of rotatable bonds is 3. The van der Waals surface area contributed by atoms with Crippen LogP contribution in [-0.2, 0) is 0 Å². The second kappa shape index (κ2) is 7.74. The summed E-state index contributed by atoms with van der Waals surface area (Å²) >= 11 is 9.52. The summed E-state index contributed by atoms with van der Waals surface area (Å²) in [5.74, 6) is -0.182. The molecule has 138 valence electrons. The van der Waals surface area contributed by atoms with E-state index in [9.17, 15) is 4.79 Å². The minimum atomic E-state index is -0.182. The Labute approximate surface area is 176 Å². The molecule has 4 aromatic rings. The number of pyridine rings is 1. The lowest BCUT2D eigenvalue weighted by Crippen LogP contribution is -2.13. The van der Waals surface area contributed by atoms with E-state index in [2.05, 4.69) is 21.2 Å². The van der Waals surface area contributed by atoms with Crippen LogP contribution in [0.5, 0.6) is 0 Å². The van der Waals surface area contributed by atoms with Crippen LogP contribution in [0.15, 0.2) is 77.3 Å². The molecule has 3 nitrogen and oxygen atoms in total. The first-order valence-electron chi connectivity index (χ1n) is 8.74. The maximum atomic E-state index is 13.1. The lowest BCUT2D eigenvalue weighted by molar-refractivity contribution is 0.102. The molecular weight excluding hydrogens is 436 g/mol. The number of carbonyl (C=O) groups is 1. The molecule has 1 heterocycles. The molecule has 28 heavy (non-hydrogen) atoms. The average Bonchev–Trinajstić information content (AvgIpc) is 2.69. The Bertz CT molecular complexity index is 1190. The molecule has 0 unspecified atom stereocenters. The van der Waals surface area contributed by atoms with Crippen molar-refractivity contribution in [1.29, 1.82) is 0 Å². The van der Waals surface area contributed by atoms with E-state index in [1.165, 1.54) is 0 Å². The lowest BCUT2D eigenvalue weighted by atomic mass is 10.0. The molecule has 0 bridgehead atoms. The van der Waals surface area contributed by atoms with E-state index in [0.717, 1.165) is 37.9 Å². The Hall–Kier alpha value is -2.69. The summed E-state index contributed by atoms with van der Waals surface area (Å²) < 4.78 is 0.845. The van der Waals surface area contributed by atoms with Crippen LogP contribution in [0.2, 0.25) is 5.02 Å². The number of fused-ring (bicyclic) bond motifs is 1. The number of nitrogens with zero attached hydrogens (tertiary/aromatic N) is 1. The number of amides is 1. The zero-order valence-electron chi connectivity index (χ0n) is 15.0. The quantitative estimate of drug-likeness (QED) is 0.369. The van der Waals surface area contributed by atoms with Gasteiger partial charge in [-0.25, -0.2) is 4.98 Å². The molecule has 0 aliphatic rings. The lowest BCUT2D eigenvalue weighted by Gasteiger charge is -2.12. The molecule has 0 aliphatic heterocycles. The summed E-state index contributed by atoms with van der Waals surface area (Å²) in [5, 5.41) is 4.46. The Kier molecular flexibility index (Phi) is 5.16. The predicted octanol–water partition coefficient (Wildman–Crippen LogP) is 6.88. The van der Waals surface area contributed by atoms with E-state index < -0.39 is 0 Å². The summed E-state index contributed by atoms with van der Waals surface area (Å²) in [5.41, 5.74) is 4.81. The number of hydrogen-bond acceptors (Lipinski definition) is 2. The van der Waals surface area contributed by atoms with Crippen LogP contribution in [-0.4, -0.2) is 10.9 Å². The number of benzene rings is 3. The topological polar surface area (TPSA) is 42.0 Å². The molecule has 3 aromatic carbocycles. The molecule has 0 spiro atoms. The highest BCUT2D eigenvalue weighted by atomic mass is 79.9. The molecule has 0 radical (unpaired) electrons. The first-order chi connectivity index (χ1) is 13.5. The number of anilines is 1. The van der Waals surface area contributed by atoms with Gasteiger partial charge >= 0.3 is 0 Å². The van der Waals surface area contributed by atoms with Gasteiger partial charge in [0.05, 0.1) is 22.5 Å². The maximum Gasteiger partial charge on any atom is 0.256 e. The van der Waals surface area contributed by atoms with Crippen LogP contribution < -0.4 is 5.32 Å². The third-order valence-corrected chi connectivity index (χ3v) is 5.38. The van der Waals surface area contributed by atoms with Crippen molar-refractivity contribution < 1.29 is 4.79 Å². The van der Waals surface area contributed by atoms with Crippen molar-refractivity contribution in [1.82, 2.24) is 4.98 Å². The molecule has 1 N–H and O–H groups in total. The van der Waals surface area contributed by atoms with Gasteiger partial charge in [-0.15, -0.1) is 0 Å². The fourth-order valence-corrected chi connectivity index (χ4v) is 3.76. The summed E-state index contributed by atoms with van der Waals surface area (Å²) in [6.45, 7) is 2.01. The third kappa shape index (κ3) is 3.79. The van der Waals surface area contributed by atoms with Crippen molar-refractivity contribution in [2.45, 2.75) is 6.92 Å². The van der Waals surface area contributed by atoms with Crippen molar-refractivity contribution in [3.63, 3.8) is 0 Å². The highest BCUT2D eigenvalue weighted by Crippen LogP contribution is 2.28. The Morgan fingerprint density at radius 3 is 2.50 bits per heavy atom. The van der Waals surface area contributed by atoms with Gasteiger partial charge in [0.25, 0.3) is 5.91 Å². The van der Waals surface area contributed by atoms with Gasteiger partial charge in [0.1, 0.15) is 0 Å². The number of carbonyl (C=O) groups excluding carboxylic acids is 1. The maximum absolute atomic E-state index is 13.1. The van der Waals surface area contributed by atoms with E-state index in [-0.39, 0.29) is 5.91 Å². The summed E-state index contributed by atoms with van der Waals surface area (Å²) in [6, 6.07) is 22.7. The largest absolute Gasteiger partial charge is 0.321 e. The Balaban J connectivity index is 1.80. The van der Waals surface area contributed by atoms with Crippen LogP contribution in [0, 0.1) is 6.92 Å². The summed E-state index contributed by atoms with van der Waals surface area (Å²) in [7, 11) is 0. The number of nitrogens with one attached hydrogen (secondary N) is 1. The first kappa shape index (κ1) is 18.7. The Morgan fingerprint density at radius 2 is 1.75 bits per heavy atom. The Morgan fingerprint density at radius 1 is 1.00 bits per heavy atom. The smallest absolute Gasteiger partial charge is 0.256 e. The van der Waals surface area contributed by atoms with Crippen LogP contribution in [0.4, 0.5) is 5.69 Å². The minimum absolute atomic E-state index is 0.182. The zero-order valence-corrected chi connectivity index (χ0v) is 17.4. The number of para-hydroxylation sites is 1. The van der Waals surface area contributed by atoms with E-state index >= 15 is 0 Å². The van der Waals surface area contributed by atoms with Crippen molar-refractivity contribution in [3.05, 3.63) is 93.4 Å². The van der Waals surface area contributed by atoms with Crippen molar-refractivity contribution in [3.8, 4) is 11.3 Å². The number of hydrogen-bond donors (Lipinski definition) is 1. The number of aromatic nitrogens is 1. The van der Waals surface area contributed by atoms with Gasteiger partial charge in [-0.1, -0.05) is 48.0 Å². The third-order valence-electron chi connectivity index (χ3n) is 4.47. The molecule has 0 saturated carbocycles. The first-order valence-corrected chi connectivity index (χ1v) is 9.91. The van der Waals surface area contributed by atoms with Gasteiger partial charge in [0.2, 0.25) is 0 Å². The molecule has 0 atom stereocenters. The summed E-state index contributed by atoms with van der Waals surface area (Å²) in [6.07, 6.45) is 0. The predicted molar refractivity (Wildman–Crippen MR) is 119 cm³/mol. The molecule has 1 aromatic heterocycles. The van der Waals surface area contributed by atoms with Crippen LogP contribution >= 0.6 is 27.5 Å². The fourth-order valence-electron chi connectivity index (χ4n) is 3.04. The standard InChI is InChI=1S/C23H16BrClN2O/c1-14-6-11-21(19(24)12-14)27-23(28)18-13-22(15-7-9-16(25)10-8-15)26-20-5-3-2-4-17(18)20/h2-13H,1H3,(H,27,28). The molecule has 0 aliphatic carbocycles. The van der Waals surface area contributed by atoms with Crippen LogP contribution in [0.25, 0.3) is 22.2 Å². The van der Waals surface area contributed by atoms with Crippen molar-refractivity contribution in [2.24, 2.45) is 0 Å². The van der Waals surface area contributed by atoms with Crippen molar-refractivity contribution >= 4 is 50.0 Å². The van der Waals surface area contributed by atoms with E-state index in [1.807, 2.05) is 79.7 Å². The van der Waals surface area contributed by atoms with Gasteiger partial charge in [0.15, 0.2) is 0 Å². The molecule has 0 fully saturated rings. The average molecular weight is 452 g/mol. The molecule has 5 heteroatoms. The fraction of sp³-hybridized carbons (Fsp3) is 0.0435. The minimum Gasteiger partial charge on any atom is -0.321 e. The highest BCUT2D eigenvalue weighted by Gasteiger charge is 2.15. The zero-order chi connectivity index (χ0) is 19.7. The molecule has 1 amide bonds. The van der Waals surface area contributed by atoms with Gasteiger partial charge in [0, 0.05) is 20.4 Å². The van der Waals surface area contributed by atoms with Crippen LogP contribution in [0.1, 0.15) is 15.9 Å². The van der Waals surface area contributed by atoms with Crippen LogP contribution in [0.3, 0.4) is 0 Å². The van der Waals surface area contributed by atoms with E-state index in [0.29, 0.717) is 10.6 Å². The van der Waals surface area contributed by atoms with E-state index in [1.54, 1.807) is 0 Å². The second-order valence-electron chi connectivity index (χ2n) is 6.52. The number of aryl methyl sites for hydroxylation is 1. The highest BCUT2D eigenvalue weighted by molar-refractivity contribution is 9.10. The van der Waals surface area contributed by atoms with Gasteiger partial charge < -0.3 is 5.32 Å². The van der Waals surface area contributed by atoms with Gasteiger partial charge in [-0.05, 0) is 64.8 Å². The second-order valence-corrected chi connectivity index (χ2v) is 7.81. The molecule has 4 rings (SSSR count). The monoisotopic (exact) mass is 450 g/mol. The van der Waals surface area contributed by atoms with Crippen molar-refractivity contribution in [2.75, 3.05) is 5.32 Å². The van der Waals surface area contributed by atoms with Gasteiger partial charge in [-0.3, -0.25) is 4.79 Å². The SMILES string of the molecule is Cc1ccc(NC(=O)c2cc(-c3ccc(Cl)cc3)nc3ccccc23)c(Br)c1. The summed E-state index contributed by atoms with van der Waals surface area (Å²) in [4.78, 5) is 17.8. The normalized spacial score (nSPS) is 10.8. The molecule has 0 saturated heterocycles. The number of halogens is 2.